The van der Waals surface area contributed by atoms with Crippen LogP contribution in [0.1, 0.15) is 129 Å². The Morgan fingerprint density at radius 2 is 0.866 bits per heavy atom. The van der Waals surface area contributed by atoms with Crippen molar-refractivity contribution in [3.05, 3.63) is 135 Å². The van der Waals surface area contributed by atoms with Gasteiger partial charge in [0.05, 0.1) is 11.4 Å². The fourth-order valence-electron chi connectivity index (χ4n) is 7.97. The zero-order chi connectivity index (χ0) is 48.8. The molecule has 0 bridgehead atoms. The van der Waals surface area contributed by atoms with Crippen molar-refractivity contribution in [3.8, 4) is 22.6 Å². The first-order valence-electron chi connectivity index (χ1n) is 23.5. The van der Waals surface area contributed by atoms with E-state index in [2.05, 4.69) is 162 Å². The van der Waals surface area contributed by atoms with E-state index >= 15 is 0 Å². The van der Waals surface area contributed by atoms with E-state index < -0.39 is 0 Å². The Labute approximate surface area is 432 Å². The number of aliphatic imine (C=N–C) groups is 2. The van der Waals surface area contributed by atoms with Gasteiger partial charge < -0.3 is 19.6 Å². The molecule has 0 unspecified atom stereocenters. The van der Waals surface area contributed by atoms with Crippen molar-refractivity contribution in [1.82, 2.24) is 0 Å². The molecule has 9 heteroatoms. The van der Waals surface area contributed by atoms with Crippen molar-refractivity contribution in [1.29, 1.82) is 0 Å². The minimum Gasteiger partial charge on any atom is -0.872 e. The predicted molar refractivity (Wildman–Crippen MR) is 286 cm³/mol. The molecule has 1 aliphatic heterocycles. The summed E-state index contributed by atoms with van der Waals surface area (Å²) in [7, 11) is -0.528. The molecule has 0 atom stereocenters. The molecule has 1 saturated heterocycles. The van der Waals surface area contributed by atoms with Crippen molar-refractivity contribution < 1.29 is 47.7 Å². The summed E-state index contributed by atoms with van der Waals surface area (Å²) < 4.78 is 9.43. The molecule has 67 heavy (non-hydrogen) atoms. The number of rotatable bonds is 7. The number of hydrogen-bond donors (Lipinski definition) is 0. The summed E-state index contributed by atoms with van der Waals surface area (Å²) in [6.07, 6.45) is 6.04. The van der Waals surface area contributed by atoms with Crippen LogP contribution in [0.15, 0.2) is 107 Å². The molecule has 0 aromatic heterocycles. The van der Waals surface area contributed by atoms with Crippen LogP contribution >= 0.6 is 0 Å². The van der Waals surface area contributed by atoms with Crippen molar-refractivity contribution >= 4 is 63.3 Å². The van der Waals surface area contributed by atoms with Gasteiger partial charge in [0, 0.05) is 36.8 Å². The first-order chi connectivity index (χ1) is 30.8. The zero-order valence-electron chi connectivity index (χ0n) is 43.4. The number of nitrogens with zero attached hydrogens (tertiary/aromatic N) is 3. The Bertz CT molecular complexity index is 2490. The summed E-state index contributed by atoms with van der Waals surface area (Å²) in [4.78, 5) is 10.3. The van der Waals surface area contributed by atoms with E-state index in [0.29, 0.717) is 11.1 Å². The Morgan fingerprint density at radius 3 is 1.15 bits per heavy atom. The van der Waals surface area contributed by atoms with Crippen LogP contribution in [-0.4, -0.2) is 43.6 Å². The number of benzene rings is 6. The molecule has 1 fully saturated rings. The number of ether oxygens (including phenoxy) is 1. The fourth-order valence-corrected chi connectivity index (χ4v) is 11.5. The average Bonchev–Trinajstić information content (AvgIpc) is 3.81. The minimum atomic E-state index is -0.325. The normalized spacial score (nSPS) is 13.6. The van der Waals surface area contributed by atoms with Crippen molar-refractivity contribution in [2.24, 2.45) is 9.98 Å². The zero-order valence-corrected chi connectivity index (χ0v) is 48.2. The van der Waals surface area contributed by atoms with Crippen LogP contribution in [0.5, 0.6) is 11.5 Å². The predicted octanol–water partition coefficient (Wildman–Crippen LogP) is 15.2. The van der Waals surface area contributed by atoms with Crippen LogP contribution in [0.2, 0.25) is 26.2 Å². The van der Waals surface area contributed by atoms with E-state index in [0.717, 1.165) is 79.5 Å². The molecule has 1 aliphatic rings. The summed E-state index contributed by atoms with van der Waals surface area (Å²) in [5.41, 5.74) is 7.25. The van der Waals surface area contributed by atoms with E-state index in [1.807, 2.05) is 48.5 Å². The van der Waals surface area contributed by atoms with Crippen LogP contribution in [0.3, 0.4) is 0 Å². The number of fused-ring (bicyclic) bond motifs is 2. The standard InChI is InChI=1S/C50H56N2O2.C4H12NSi2.C4H8O.Y/c1-47(2,3)35-25-33(45(53)39(27-35)49(7,8)9)29-51-41-23-21-31-17-13-15-19-37(31)43(41)44-38-20-16-14-18-32(38)22-24-42(44)52-30-34-26-36(48(4,5)6)28-40(46(34)54)50(10,11)12;1-6(2)5-7(3)4;1-2-4-5-3-1;/h13-30,53-54H,1-12H3;1-4H3;1-4H2;/q;-1;;+3/p-2. The average molecular weight is 1010 g/mol. The Balaban J connectivity index is 0.000000661. The van der Waals surface area contributed by atoms with Gasteiger partial charge >= 0.3 is 32.7 Å². The molecular weight excluding hydrogens is 932 g/mol. The fraction of sp³-hybridized carbons (Fsp3) is 0.414. The van der Waals surface area contributed by atoms with Crippen molar-refractivity contribution in [2.45, 2.75) is 144 Å². The summed E-state index contributed by atoms with van der Waals surface area (Å²) in [5.74, 6) is -0.00450. The monoisotopic (exact) mass is 1010 g/mol. The molecule has 350 valence electrons. The first kappa shape index (κ1) is 55.8. The Hall–Kier alpha value is -3.76. The molecule has 0 spiro atoms. The van der Waals surface area contributed by atoms with Crippen LogP contribution in [-0.2, 0) is 59.1 Å². The largest absolute Gasteiger partial charge is 3.00 e. The van der Waals surface area contributed by atoms with Crippen molar-refractivity contribution in [3.63, 3.8) is 0 Å². The van der Waals surface area contributed by atoms with Gasteiger partial charge in [0.1, 0.15) is 0 Å². The quantitative estimate of drug-likeness (QED) is 0.118. The summed E-state index contributed by atoms with van der Waals surface area (Å²) in [6.45, 7) is 36.4. The second-order valence-corrected chi connectivity index (χ2v) is 26.8. The molecule has 0 amide bonds. The summed E-state index contributed by atoms with van der Waals surface area (Å²) in [6, 6.07) is 33.0. The van der Waals surface area contributed by atoms with Gasteiger partial charge in [-0.05, 0) is 102 Å². The summed E-state index contributed by atoms with van der Waals surface area (Å²) >= 11 is 0. The topological polar surface area (TPSA) is 94.2 Å². The van der Waals surface area contributed by atoms with Crippen LogP contribution in [0.25, 0.3) is 37.3 Å². The van der Waals surface area contributed by atoms with Gasteiger partial charge in [-0.15, -0.1) is 0 Å². The molecule has 0 aliphatic carbocycles. The third kappa shape index (κ3) is 14.9. The van der Waals surface area contributed by atoms with Gasteiger partial charge in [0.25, 0.3) is 0 Å². The third-order valence-electron chi connectivity index (χ3n) is 11.6. The molecule has 6 nitrogen and oxygen atoms in total. The second-order valence-electron chi connectivity index (χ2n) is 22.1. The maximum atomic E-state index is 14.0. The molecular formula is C58H74N3O3Si2Y. The van der Waals surface area contributed by atoms with Crippen LogP contribution in [0.4, 0.5) is 11.4 Å². The van der Waals surface area contributed by atoms with Crippen molar-refractivity contribution in [2.75, 3.05) is 13.2 Å². The maximum Gasteiger partial charge on any atom is 3.00 e. The van der Waals surface area contributed by atoms with E-state index in [1.54, 1.807) is 12.4 Å². The Morgan fingerprint density at radius 1 is 0.507 bits per heavy atom. The molecule has 6 aromatic rings. The molecule has 1 heterocycles. The maximum absolute atomic E-state index is 14.0. The molecule has 0 N–H and O–H groups in total. The SMILES string of the molecule is C1CCOC1.CC(C)(C)c1cc(C=Nc2ccc3ccccc3c2-c2c(N=Cc3cc(C(C)(C)C)cc(C(C)(C)C)c3[O-])ccc3ccccc23)c([O-])c(C(C)(C)C)c1.C[Si](C)[N-][Si](C)C.[Y+3]. The van der Waals surface area contributed by atoms with Gasteiger partial charge in [-0.1, -0.05) is 224 Å². The van der Waals surface area contributed by atoms with Gasteiger partial charge in [-0.2, -0.15) is 0 Å². The van der Waals surface area contributed by atoms with Gasteiger partial charge in [0.15, 0.2) is 0 Å². The van der Waals surface area contributed by atoms with Gasteiger partial charge in [-0.25, -0.2) is 0 Å². The second kappa shape index (κ2) is 23.2. The van der Waals surface area contributed by atoms with Gasteiger partial charge in [0.2, 0.25) is 0 Å². The van der Waals surface area contributed by atoms with Gasteiger partial charge in [-0.3, -0.25) is 9.98 Å². The molecule has 2 radical (unpaired) electrons. The molecule has 7 rings (SSSR count). The first-order valence-corrected chi connectivity index (χ1v) is 28.4. The van der Waals surface area contributed by atoms with E-state index in [-0.39, 0.29) is 83.8 Å². The number of hydrogen-bond acceptors (Lipinski definition) is 5. The van der Waals surface area contributed by atoms with Crippen LogP contribution < -0.4 is 10.2 Å². The third-order valence-corrected chi connectivity index (χ3v) is 15.2. The molecule has 6 aromatic carbocycles. The van der Waals surface area contributed by atoms with E-state index in [4.69, 9.17) is 14.7 Å². The smallest absolute Gasteiger partial charge is 0.872 e. The minimum absolute atomic E-state index is 0. The molecule has 0 saturated carbocycles. The van der Waals surface area contributed by atoms with E-state index in [1.165, 1.54) is 12.8 Å². The van der Waals surface area contributed by atoms with Crippen LogP contribution in [0, 0.1) is 0 Å². The summed E-state index contributed by atoms with van der Waals surface area (Å²) in [5, 5.41) is 32.2. The Kier molecular flexibility index (Phi) is 19.4. The van der Waals surface area contributed by atoms with E-state index in [9.17, 15) is 10.2 Å².